The normalized spacial score (nSPS) is 12.6. The van der Waals surface area contributed by atoms with Crippen molar-refractivity contribution in [2.24, 2.45) is 0 Å². The second kappa shape index (κ2) is 17.1. The van der Waals surface area contributed by atoms with Gasteiger partial charge in [-0.25, -0.2) is 4.98 Å². The fourth-order valence-corrected chi connectivity index (χ4v) is 14.4. The molecular formula is C65H55N5S. The lowest BCUT2D eigenvalue weighted by molar-refractivity contribution is 0.572. The van der Waals surface area contributed by atoms with Crippen molar-refractivity contribution in [2.75, 3.05) is 0 Å². The number of aromatic nitrogens is 5. The molecule has 71 heavy (non-hydrogen) atoms. The highest BCUT2D eigenvalue weighted by molar-refractivity contribution is 8.34. The fourth-order valence-electron chi connectivity index (χ4n) is 10.5. The van der Waals surface area contributed by atoms with Crippen molar-refractivity contribution >= 4 is 53.6 Å². The van der Waals surface area contributed by atoms with E-state index >= 15 is 0 Å². The molecule has 0 unspecified atom stereocenters. The summed E-state index contributed by atoms with van der Waals surface area (Å²) in [6.07, 6.45) is 0. The third-order valence-electron chi connectivity index (χ3n) is 13.9. The molecule has 346 valence electrons. The summed E-state index contributed by atoms with van der Waals surface area (Å²) in [5.74, 6) is 1.76. The second-order valence-electron chi connectivity index (χ2n) is 20.6. The highest BCUT2D eigenvalue weighted by atomic mass is 32.3. The molecule has 0 spiro atoms. The molecule has 5 nitrogen and oxygen atoms in total. The summed E-state index contributed by atoms with van der Waals surface area (Å²) in [4.78, 5) is 21.4. The van der Waals surface area contributed by atoms with E-state index in [0.29, 0.717) is 17.6 Å². The predicted molar refractivity (Wildman–Crippen MR) is 297 cm³/mol. The van der Waals surface area contributed by atoms with Crippen LogP contribution in [0.1, 0.15) is 52.7 Å². The van der Waals surface area contributed by atoms with Crippen LogP contribution in [0.15, 0.2) is 244 Å². The molecule has 9 aromatic carbocycles. The first kappa shape index (κ1) is 44.2. The Hall–Kier alpha value is -8.06. The Morgan fingerprint density at radius 3 is 1.30 bits per heavy atom. The van der Waals surface area contributed by atoms with Gasteiger partial charge in [0.15, 0.2) is 11.6 Å². The molecule has 3 aromatic heterocycles. The SMILES string of the molecule is CC(C)(C)c1cc(C(C)(C)C)c2c(c1)c1ccccc1n2-c1cccc(-c2nc(-c3cccc(S(c4ccccc4)(c4ccccc4)c4ccccc4)c3)nc(-n3c4ccccc4c4ccccc43)n2)c1. The van der Waals surface area contributed by atoms with Crippen LogP contribution in [0, 0.1) is 0 Å². The van der Waals surface area contributed by atoms with Crippen molar-refractivity contribution in [3.63, 3.8) is 0 Å². The molecule has 0 saturated carbocycles. The van der Waals surface area contributed by atoms with Gasteiger partial charge in [0.2, 0.25) is 5.95 Å². The molecule has 0 bridgehead atoms. The average molecular weight is 938 g/mol. The monoisotopic (exact) mass is 937 g/mol. The van der Waals surface area contributed by atoms with E-state index in [1.54, 1.807) is 0 Å². The van der Waals surface area contributed by atoms with Gasteiger partial charge in [-0.05, 0) is 107 Å². The molecule has 0 N–H and O–H groups in total. The zero-order valence-electron chi connectivity index (χ0n) is 41.0. The van der Waals surface area contributed by atoms with Crippen LogP contribution in [0.3, 0.4) is 0 Å². The van der Waals surface area contributed by atoms with Gasteiger partial charge in [0.25, 0.3) is 0 Å². The van der Waals surface area contributed by atoms with Gasteiger partial charge in [0.1, 0.15) is 0 Å². The number of nitrogens with zero attached hydrogens (tertiary/aromatic N) is 5. The molecule has 0 aliphatic rings. The maximum Gasteiger partial charge on any atom is 0.238 e. The van der Waals surface area contributed by atoms with Crippen LogP contribution in [-0.2, 0) is 10.8 Å². The first-order valence-electron chi connectivity index (χ1n) is 24.5. The van der Waals surface area contributed by atoms with Gasteiger partial charge in [-0.2, -0.15) is 9.97 Å². The largest absolute Gasteiger partial charge is 0.309 e. The van der Waals surface area contributed by atoms with Crippen LogP contribution in [0.5, 0.6) is 0 Å². The number of para-hydroxylation sites is 3. The standard InChI is InChI=1S/C65H55N5S/c1-64(2,3)46-42-55-54-36-18-19-37-57(54)69(60(55)56(43-46)65(4,5)6)47-26-22-24-44(40-47)61-66-62(68-63(67-61)70-58-38-20-16-34-52(58)53-35-17-21-39-59(53)70)45-25-23-33-51(41-45)71(48-27-10-7-11-28-48,49-29-12-8-13-30-49)50-31-14-9-15-32-50/h7-43H,1-6H3. The molecule has 0 radical (unpaired) electrons. The maximum atomic E-state index is 5.49. The Bertz CT molecular complexity index is 3800. The summed E-state index contributed by atoms with van der Waals surface area (Å²) in [5.41, 5.74) is 9.83. The topological polar surface area (TPSA) is 48.5 Å². The van der Waals surface area contributed by atoms with E-state index in [-0.39, 0.29) is 10.8 Å². The first-order chi connectivity index (χ1) is 34.5. The summed E-state index contributed by atoms with van der Waals surface area (Å²) >= 11 is 0. The van der Waals surface area contributed by atoms with Crippen molar-refractivity contribution < 1.29 is 0 Å². The number of hydrogen-bond donors (Lipinski definition) is 0. The second-order valence-corrected chi connectivity index (χ2v) is 23.7. The lowest BCUT2D eigenvalue weighted by Gasteiger charge is -2.42. The molecule has 0 aliphatic carbocycles. The van der Waals surface area contributed by atoms with Crippen molar-refractivity contribution in [3.8, 4) is 34.4 Å². The lowest BCUT2D eigenvalue weighted by Crippen LogP contribution is -2.17. The zero-order valence-corrected chi connectivity index (χ0v) is 41.8. The van der Waals surface area contributed by atoms with E-state index in [1.165, 1.54) is 47.0 Å². The minimum absolute atomic E-state index is 0.0191. The van der Waals surface area contributed by atoms with Gasteiger partial charge in [0, 0.05) is 57.9 Å². The third kappa shape index (κ3) is 7.44. The highest BCUT2D eigenvalue weighted by Gasteiger charge is 2.34. The summed E-state index contributed by atoms with van der Waals surface area (Å²) in [6.45, 7) is 13.9. The maximum absolute atomic E-state index is 5.49. The van der Waals surface area contributed by atoms with Gasteiger partial charge < -0.3 is 4.57 Å². The highest BCUT2D eigenvalue weighted by Crippen LogP contribution is 2.73. The van der Waals surface area contributed by atoms with E-state index in [2.05, 4.69) is 275 Å². The minimum atomic E-state index is -1.99. The van der Waals surface area contributed by atoms with Crippen LogP contribution in [0.2, 0.25) is 0 Å². The Morgan fingerprint density at radius 1 is 0.352 bits per heavy atom. The summed E-state index contributed by atoms with van der Waals surface area (Å²) < 4.78 is 4.66. The average Bonchev–Trinajstić information content (AvgIpc) is 3.92. The molecule has 0 atom stereocenters. The van der Waals surface area contributed by atoms with Crippen LogP contribution >= 0.6 is 10.0 Å². The van der Waals surface area contributed by atoms with E-state index in [9.17, 15) is 0 Å². The molecule has 0 fully saturated rings. The smallest absolute Gasteiger partial charge is 0.238 e. The van der Waals surface area contributed by atoms with Gasteiger partial charge in [-0.3, -0.25) is 4.57 Å². The van der Waals surface area contributed by atoms with Crippen molar-refractivity contribution in [1.29, 1.82) is 0 Å². The third-order valence-corrected chi connectivity index (χ3v) is 17.8. The molecule has 12 rings (SSSR count). The van der Waals surface area contributed by atoms with Gasteiger partial charge in [-0.15, -0.1) is 10.0 Å². The molecule has 6 heteroatoms. The minimum Gasteiger partial charge on any atom is -0.309 e. The Morgan fingerprint density at radius 2 is 0.789 bits per heavy atom. The van der Waals surface area contributed by atoms with Gasteiger partial charge in [-0.1, -0.05) is 181 Å². The molecule has 0 aliphatic heterocycles. The van der Waals surface area contributed by atoms with Gasteiger partial charge in [0.05, 0.1) is 22.1 Å². The fraction of sp³-hybridized carbons (Fsp3) is 0.123. The molecule has 3 heterocycles. The van der Waals surface area contributed by atoms with Crippen molar-refractivity contribution in [3.05, 3.63) is 236 Å². The number of rotatable bonds is 8. The van der Waals surface area contributed by atoms with E-state index in [4.69, 9.17) is 15.0 Å². The van der Waals surface area contributed by atoms with E-state index in [0.717, 1.165) is 44.1 Å². The molecule has 0 amide bonds. The van der Waals surface area contributed by atoms with E-state index in [1.807, 2.05) is 0 Å². The van der Waals surface area contributed by atoms with Crippen molar-refractivity contribution in [2.45, 2.75) is 72.0 Å². The number of benzene rings is 9. The first-order valence-corrected chi connectivity index (χ1v) is 26.1. The number of fused-ring (bicyclic) bond motifs is 6. The molecular weight excluding hydrogens is 883 g/mol. The Balaban J connectivity index is 1.12. The van der Waals surface area contributed by atoms with E-state index < -0.39 is 10.0 Å². The number of hydrogen-bond acceptors (Lipinski definition) is 3. The van der Waals surface area contributed by atoms with Crippen LogP contribution < -0.4 is 0 Å². The van der Waals surface area contributed by atoms with Crippen LogP contribution in [-0.4, -0.2) is 24.1 Å². The summed E-state index contributed by atoms with van der Waals surface area (Å²) in [7, 11) is -1.99. The Labute approximate surface area is 417 Å². The predicted octanol–water partition coefficient (Wildman–Crippen LogP) is 17.3. The summed E-state index contributed by atoms with van der Waals surface area (Å²) in [5, 5.41) is 4.79. The molecule has 0 saturated heterocycles. The van der Waals surface area contributed by atoms with Gasteiger partial charge >= 0.3 is 0 Å². The molecule has 12 aromatic rings. The van der Waals surface area contributed by atoms with Crippen LogP contribution in [0.25, 0.3) is 78.0 Å². The zero-order chi connectivity index (χ0) is 48.5. The quantitative estimate of drug-likeness (QED) is 0.153. The Kier molecular flexibility index (Phi) is 10.6. The van der Waals surface area contributed by atoms with Crippen LogP contribution in [0.4, 0.5) is 0 Å². The van der Waals surface area contributed by atoms with Crippen molar-refractivity contribution in [1.82, 2.24) is 24.1 Å². The summed E-state index contributed by atoms with van der Waals surface area (Å²) in [6, 6.07) is 81.4. The lowest BCUT2D eigenvalue weighted by atomic mass is 9.79.